The molecular formula is C21H29N5O2S. The highest BCUT2D eigenvalue weighted by Crippen LogP contribution is 2.35. The molecule has 1 aromatic carbocycles. The maximum absolute atomic E-state index is 5.40. The van der Waals surface area contributed by atoms with Crippen LogP contribution in [0.4, 0.5) is 5.95 Å². The molecule has 1 aliphatic carbocycles. The Morgan fingerprint density at radius 2 is 2.10 bits per heavy atom. The topological polar surface area (TPSA) is 88.0 Å². The molecule has 0 aliphatic heterocycles. The summed E-state index contributed by atoms with van der Waals surface area (Å²) in [6.07, 6.45) is 6.04. The van der Waals surface area contributed by atoms with Crippen LogP contribution in [0.25, 0.3) is 22.2 Å². The molecule has 0 unspecified atom stereocenters. The van der Waals surface area contributed by atoms with E-state index in [9.17, 15) is 0 Å². The van der Waals surface area contributed by atoms with Gasteiger partial charge in [0.15, 0.2) is 0 Å². The summed E-state index contributed by atoms with van der Waals surface area (Å²) in [5, 5.41) is 7.49. The summed E-state index contributed by atoms with van der Waals surface area (Å²) in [6.45, 7) is 5.48. The van der Waals surface area contributed by atoms with Crippen LogP contribution < -0.4 is 10.0 Å². The van der Waals surface area contributed by atoms with Crippen LogP contribution in [0.2, 0.25) is 0 Å². The quantitative estimate of drug-likeness (QED) is 0.341. The summed E-state index contributed by atoms with van der Waals surface area (Å²) in [7, 11) is 1.72. The Labute approximate surface area is 175 Å². The molecule has 1 aliphatic rings. The molecule has 0 atom stereocenters. The van der Waals surface area contributed by atoms with E-state index in [1.54, 1.807) is 19.1 Å². The maximum atomic E-state index is 5.40. The summed E-state index contributed by atoms with van der Waals surface area (Å²) in [4.78, 5) is 9.36. The van der Waals surface area contributed by atoms with Crippen molar-refractivity contribution in [2.45, 2.75) is 56.9 Å². The van der Waals surface area contributed by atoms with Gasteiger partial charge in [-0.15, -0.1) is 0 Å². The van der Waals surface area contributed by atoms with Crippen molar-refractivity contribution in [1.82, 2.24) is 19.8 Å². The monoisotopic (exact) mass is 415 g/mol. The number of ether oxygens (including phenoxy) is 1. The number of H-pyrrole nitrogens is 1. The Hall–Kier alpha value is -2.03. The smallest absolute Gasteiger partial charge is 0.201 e. The van der Waals surface area contributed by atoms with Gasteiger partial charge in [0.1, 0.15) is 11.3 Å². The van der Waals surface area contributed by atoms with E-state index in [0.717, 1.165) is 64.0 Å². The number of nitrogens with zero attached hydrogens (tertiary/aromatic N) is 2. The average molecular weight is 416 g/mol. The van der Waals surface area contributed by atoms with Crippen LogP contribution in [-0.2, 0) is 4.74 Å². The first kappa shape index (κ1) is 20.3. The molecule has 0 radical (unpaired) electrons. The lowest BCUT2D eigenvalue weighted by molar-refractivity contribution is 0.197. The number of aromatic amines is 1. The predicted molar refractivity (Wildman–Crippen MR) is 117 cm³/mol. The van der Waals surface area contributed by atoms with Crippen LogP contribution in [-0.4, -0.2) is 41.4 Å². The number of nitrogens with one attached hydrogen (secondary N) is 3. The first-order valence-electron chi connectivity index (χ1n) is 10.3. The second kappa shape index (κ2) is 9.19. The molecule has 1 saturated carbocycles. The van der Waals surface area contributed by atoms with Gasteiger partial charge in [-0.3, -0.25) is 4.72 Å². The highest BCUT2D eigenvalue weighted by molar-refractivity contribution is 7.97. The number of aryl methyl sites for hydroxylation is 2. The third-order valence-electron chi connectivity index (χ3n) is 5.38. The van der Waals surface area contributed by atoms with Crippen molar-refractivity contribution >= 4 is 28.9 Å². The summed E-state index contributed by atoms with van der Waals surface area (Å²) >= 11 is 1.68. The Morgan fingerprint density at radius 1 is 1.28 bits per heavy atom. The highest BCUT2D eigenvalue weighted by Gasteiger charge is 2.19. The van der Waals surface area contributed by atoms with E-state index < -0.39 is 0 Å². The lowest BCUT2D eigenvalue weighted by atomic mass is 10.0. The maximum Gasteiger partial charge on any atom is 0.201 e. The highest BCUT2D eigenvalue weighted by atomic mass is 32.2. The molecule has 2 heterocycles. The van der Waals surface area contributed by atoms with E-state index in [0.29, 0.717) is 6.04 Å². The average Bonchev–Trinajstić information content (AvgIpc) is 3.43. The largest absolute Gasteiger partial charge is 0.385 e. The summed E-state index contributed by atoms with van der Waals surface area (Å²) in [6, 6.07) is 4.90. The van der Waals surface area contributed by atoms with E-state index in [-0.39, 0.29) is 0 Å². The van der Waals surface area contributed by atoms with Gasteiger partial charge >= 0.3 is 0 Å². The van der Waals surface area contributed by atoms with Gasteiger partial charge in [-0.25, -0.2) is 4.98 Å². The van der Waals surface area contributed by atoms with Gasteiger partial charge in [0, 0.05) is 31.9 Å². The minimum atomic E-state index is 0.573. The van der Waals surface area contributed by atoms with Gasteiger partial charge in [0.25, 0.3) is 0 Å². The Kier molecular flexibility index (Phi) is 6.42. The zero-order valence-electron chi connectivity index (χ0n) is 17.3. The molecule has 7 nitrogen and oxygen atoms in total. The van der Waals surface area contributed by atoms with Gasteiger partial charge in [-0.2, -0.15) is 0 Å². The lowest BCUT2D eigenvalue weighted by Gasteiger charge is -2.12. The SMILES string of the molecule is COCCCNc1nc2c(SNC3CCCC3)cc(-c3c(C)noc3C)cc2[nH]1. The molecular weight excluding hydrogens is 386 g/mol. The fraction of sp³-hybridized carbons (Fsp3) is 0.524. The second-order valence-corrected chi connectivity index (χ2v) is 8.51. The minimum absolute atomic E-state index is 0.573. The van der Waals surface area contributed by atoms with Crippen LogP contribution >= 0.6 is 11.9 Å². The molecule has 2 aromatic heterocycles. The third-order valence-corrected chi connectivity index (χ3v) is 6.36. The molecule has 3 N–H and O–H groups in total. The van der Waals surface area contributed by atoms with E-state index in [1.807, 2.05) is 13.8 Å². The molecule has 4 rings (SSSR count). The zero-order chi connectivity index (χ0) is 20.2. The molecule has 0 amide bonds. The Morgan fingerprint density at radius 3 is 2.83 bits per heavy atom. The molecule has 1 fully saturated rings. The standard InChI is InChI=1S/C21H29N5O2S/c1-13-19(14(2)28-25-13)15-11-17-20(24-21(23-17)22-9-6-10-27-3)18(12-15)29-26-16-7-4-5-8-16/h11-12,16,26H,4-10H2,1-3H3,(H2,22,23,24). The second-order valence-electron chi connectivity index (χ2n) is 7.63. The number of benzene rings is 1. The van der Waals surface area contributed by atoms with Crippen molar-refractivity contribution in [3.8, 4) is 11.1 Å². The van der Waals surface area contributed by atoms with Gasteiger partial charge in [-0.1, -0.05) is 18.0 Å². The van der Waals surface area contributed by atoms with Crippen molar-refractivity contribution in [2.75, 3.05) is 25.6 Å². The molecule has 0 spiro atoms. The van der Waals surface area contributed by atoms with Crippen molar-refractivity contribution < 1.29 is 9.26 Å². The van der Waals surface area contributed by atoms with Crippen molar-refractivity contribution in [3.63, 3.8) is 0 Å². The summed E-state index contributed by atoms with van der Waals surface area (Å²) in [5.74, 6) is 1.62. The van der Waals surface area contributed by atoms with Gasteiger partial charge in [-0.05, 0) is 62.8 Å². The van der Waals surface area contributed by atoms with E-state index in [1.165, 1.54) is 25.7 Å². The Balaban J connectivity index is 1.65. The van der Waals surface area contributed by atoms with Crippen LogP contribution in [0.1, 0.15) is 43.6 Å². The minimum Gasteiger partial charge on any atom is -0.385 e. The number of methoxy groups -OCH3 is 1. The normalized spacial score (nSPS) is 14.9. The van der Waals surface area contributed by atoms with Crippen LogP contribution in [0.5, 0.6) is 0 Å². The number of aromatic nitrogens is 3. The number of anilines is 1. The number of imidazole rings is 1. The van der Waals surface area contributed by atoms with Crippen LogP contribution in [0.15, 0.2) is 21.6 Å². The Bertz CT molecular complexity index is 942. The molecule has 8 heteroatoms. The molecule has 156 valence electrons. The van der Waals surface area contributed by atoms with Gasteiger partial charge in [0.2, 0.25) is 5.95 Å². The predicted octanol–water partition coefficient (Wildman–Crippen LogP) is 4.82. The van der Waals surface area contributed by atoms with E-state index in [4.69, 9.17) is 14.2 Å². The number of fused-ring (bicyclic) bond motifs is 1. The number of rotatable bonds is 9. The fourth-order valence-electron chi connectivity index (χ4n) is 3.90. The van der Waals surface area contributed by atoms with Gasteiger partial charge in [0.05, 0.1) is 16.1 Å². The molecule has 29 heavy (non-hydrogen) atoms. The van der Waals surface area contributed by atoms with Crippen LogP contribution in [0, 0.1) is 13.8 Å². The number of hydrogen-bond donors (Lipinski definition) is 3. The third kappa shape index (κ3) is 4.60. The van der Waals surface area contributed by atoms with Crippen LogP contribution in [0.3, 0.4) is 0 Å². The van der Waals surface area contributed by atoms with Crippen molar-refractivity contribution in [1.29, 1.82) is 0 Å². The lowest BCUT2D eigenvalue weighted by Crippen LogP contribution is -2.18. The number of hydrogen-bond acceptors (Lipinski definition) is 7. The summed E-state index contributed by atoms with van der Waals surface area (Å²) < 4.78 is 14.2. The van der Waals surface area contributed by atoms with E-state index >= 15 is 0 Å². The summed E-state index contributed by atoms with van der Waals surface area (Å²) in [5.41, 5.74) is 5.04. The van der Waals surface area contributed by atoms with Crippen molar-refractivity contribution in [2.24, 2.45) is 0 Å². The molecule has 0 bridgehead atoms. The van der Waals surface area contributed by atoms with E-state index in [2.05, 4.69) is 32.3 Å². The van der Waals surface area contributed by atoms with Gasteiger partial charge < -0.3 is 19.6 Å². The molecule has 0 saturated heterocycles. The van der Waals surface area contributed by atoms with Crippen molar-refractivity contribution in [3.05, 3.63) is 23.6 Å². The zero-order valence-corrected chi connectivity index (χ0v) is 18.1. The first-order chi connectivity index (χ1) is 14.2. The fourth-order valence-corrected chi connectivity index (χ4v) is 4.87. The molecule has 3 aromatic rings. The first-order valence-corrected chi connectivity index (χ1v) is 11.1.